The molecule has 4 heteroatoms. The lowest BCUT2D eigenvalue weighted by Crippen LogP contribution is -2.42. The Morgan fingerprint density at radius 2 is 2.11 bits per heavy atom. The number of hydrogen-bond donors (Lipinski definition) is 1. The van der Waals surface area contributed by atoms with Crippen LogP contribution in [0, 0.1) is 0 Å². The molecule has 1 aliphatic rings. The van der Waals surface area contributed by atoms with Crippen molar-refractivity contribution in [2.75, 3.05) is 13.1 Å². The summed E-state index contributed by atoms with van der Waals surface area (Å²) in [4.78, 5) is 5.45. The van der Waals surface area contributed by atoms with Gasteiger partial charge in [0.2, 0.25) is 0 Å². The standard InChI is InChI=1S/C14H24N2S.ClH/c1-14(2,3)13-7-6-12(17-13)10-16-8-4-5-11(15)9-16;/h6-7,11H,4-5,8-10,15H2,1-3H3;1H. The van der Waals surface area contributed by atoms with Crippen LogP contribution in [0.3, 0.4) is 0 Å². The van der Waals surface area contributed by atoms with Gasteiger partial charge < -0.3 is 5.73 Å². The second-order valence-electron chi connectivity index (χ2n) is 6.15. The van der Waals surface area contributed by atoms with Gasteiger partial charge in [-0.3, -0.25) is 4.90 Å². The highest BCUT2D eigenvalue weighted by atomic mass is 35.5. The molecule has 2 heterocycles. The minimum atomic E-state index is 0. The molecule has 1 atom stereocenters. The van der Waals surface area contributed by atoms with Gasteiger partial charge >= 0.3 is 0 Å². The van der Waals surface area contributed by atoms with Crippen LogP contribution in [0.25, 0.3) is 0 Å². The van der Waals surface area contributed by atoms with Gasteiger partial charge in [-0.25, -0.2) is 0 Å². The highest BCUT2D eigenvalue weighted by Crippen LogP contribution is 2.30. The fourth-order valence-electron chi connectivity index (χ4n) is 2.32. The lowest BCUT2D eigenvalue weighted by Gasteiger charge is -2.30. The fourth-order valence-corrected chi connectivity index (χ4v) is 3.43. The average molecular weight is 289 g/mol. The van der Waals surface area contributed by atoms with Crippen molar-refractivity contribution in [3.63, 3.8) is 0 Å². The normalized spacial score (nSPS) is 21.7. The number of likely N-dealkylation sites (tertiary alicyclic amines) is 1. The maximum absolute atomic E-state index is 6.01. The van der Waals surface area contributed by atoms with Crippen LogP contribution in [0.2, 0.25) is 0 Å². The van der Waals surface area contributed by atoms with Gasteiger partial charge in [0.05, 0.1) is 0 Å². The van der Waals surface area contributed by atoms with Gasteiger partial charge in [-0.1, -0.05) is 20.8 Å². The van der Waals surface area contributed by atoms with E-state index in [1.54, 1.807) is 0 Å². The van der Waals surface area contributed by atoms with Crippen molar-refractivity contribution in [1.29, 1.82) is 0 Å². The van der Waals surface area contributed by atoms with Gasteiger partial charge in [-0.05, 0) is 36.9 Å². The topological polar surface area (TPSA) is 29.3 Å². The van der Waals surface area contributed by atoms with Gasteiger partial charge in [0.1, 0.15) is 0 Å². The molecule has 1 aromatic heterocycles. The van der Waals surface area contributed by atoms with E-state index in [0.29, 0.717) is 6.04 Å². The molecule has 104 valence electrons. The van der Waals surface area contributed by atoms with Crippen molar-refractivity contribution in [2.24, 2.45) is 5.73 Å². The zero-order valence-electron chi connectivity index (χ0n) is 11.6. The van der Waals surface area contributed by atoms with E-state index in [1.807, 2.05) is 11.3 Å². The Hall–Kier alpha value is -0.0900. The second-order valence-corrected chi connectivity index (χ2v) is 7.32. The zero-order chi connectivity index (χ0) is 12.5. The molecule has 18 heavy (non-hydrogen) atoms. The summed E-state index contributed by atoms with van der Waals surface area (Å²) >= 11 is 1.95. The largest absolute Gasteiger partial charge is 0.327 e. The van der Waals surface area contributed by atoms with E-state index in [4.69, 9.17) is 5.73 Å². The van der Waals surface area contributed by atoms with Gasteiger partial charge in [0.15, 0.2) is 0 Å². The number of halogens is 1. The molecule has 1 aliphatic heterocycles. The molecule has 0 amide bonds. The summed E-state index contributed by atoms with van der Waals surface area (Å²) in [5.74, 6) is 0. The molecule has 0 aromatic carbocycles. The predicted molar refractivity (Wildman–Crippen MR) is 82.8 cm³/mol. The van der Waals surface area contributed by atoms with Crippen molar-refractivity contribution in [3.8, 4) is 0 Å². The van der Waals surface area contributed by atoms with Crippen LogP contribution >= 0.6 is 23.7 Å². The molecule has 2 rings (SSSR count). The Bertz CT molecular complexity index is 370. The van der Waals surface area contributed by atoms with Gasteiger partial charge in [0.25, 0.3) is 0 Å². The molecular weight excluding hydrogens is 264 g/mol. The number of hydrogen-bond acceptors (Lipinski definition) is 3. The highest BCUT2D eigenvalue weighted by molar-refractivity contribution is 7.12. The maximum atomic E-state index is 6.01. The number of piperidine rings is 1. The number of nitrogens with two attached hydrogens (primary N) is 1. The smallest absolute Gasteiger partial charge is 0.0328 e. The molecule has 1 fully saturated rings. The number of nitrogens with zero attached hydrogens (tertiary/aromatic N) is 1. The minimum absolute atomic E-state index is 0. The van der Waals surface area contributed by atoms with Crippen LogP contribution in [-0.4, -0.2) is 24.0 Å². The summed E-state index contributed by atoms with van der Waals surface area (Å²) in [6.45, 7) is 10.2. The lowest BCUT2D eigenvalue weighted by molar-refractivity contribution is 0.203. The Kier molecular flexibility index (Phi) is 5.66. The lowest BCUT2D eigenvalue weighted by atomic mass is 9.95. The van der Waals surface area contributed by atoms with Crippen molar-refractivity contribution in [1.82, 2.24) is 4.90 Å². The summed E-state index contributed by atoms with van der Waals surface area (Å²) in [6, 6.07) is 4.95. The molecule has 0 spiro atoms. The third-order valence-electron chi connectivity index (χ3n) is 3.32. The van der Waals surface area contributed by atoms with Crippen LogP contribution in [0.15, 0.2) is 12.1 Å². The van der Waals surface area contributed by atoms with Crippen LogP contribution < -0.4 is 5.73 Å². The van der Waals surface area contributed by atoms with E-state index in [2.05, 4.69) is 37.8 Å². The maximum Gasteiger partial charge on any atom is 0.0328 e. The third kappa shape index (κ3) is 4.23. The Balaban J connectivity index is 0.00000162. The molecule has 1 saturated heterocycles. The molecular formula is C14H25ClN2S. The molecule has 2 N–H and O–H groups in total. The molecule has 0 aliphatic carbocycles. The van der Waals surface area contributed by atoms with Gasteiger partial charge in [-0.15, -0.1) is 23.7 Å². The van der Waals surface area contributed by atoms with Crippen LogP contribution in [-0.2, 0) is 12.0 Å². The molecule has 0 radical (unpaired) electrons. The average Bonchev–Trinajstić information content (AvgIpc) is 2.65. The molecule has 1 unspecified atom stereocenters. The van der Waals surface area contributed by atoms with E-state index in [-0.39, 0.29) is 17.8 Å². The summed E-state index contributed by atoms with van der Waals surface area (Å²) in [7, 11) is 0. The molecule has 1 aromatic rings. The van der Waals surface area contributed by atoms with Crippen molar-refractivity contribution >= 4 is 23.7 Å². The summed E-state index contributed by atoms with van der Waals surface area (Å²) < 4.78 is 0. The summed E-state index contributed by atoms with van der Waals surface area (Å²) in [6.07, 6.45) is 2.44. The van der Waals surface area contributed by atoms with Gasteiger partial charge in [-0.2, -0.15) is 0 Å². The summed E-state index contributed by atoms with van der Waals surface area (Å²) in [5, 5.41) is 0. The van der Waals surface area contributed by atoms with E-state index in [1.165, 1.54) is 29.1 Å². The first-order valence-corrected chi connectivity index (χ1v) is 7.34. The third-order valence-corrected chi connectivity index (χ3v) is 4.82. The van der Waals surface area contributed by atoms with E-state index < -0.39 is 0 Å². The van der Waals surface area contributed by atoms with Gasteiger partial charge in [0, 0.05) is 28.9 Å². The number of rotatable bonds is 2. The monoisotopic (exact) mass is 288 g/mol. The van der Waals surface area contributed by atoms with Crippen LogP contribution in [0.5, 0.6) is 0 Å². The molecule has 2 nitrogen and oxygen atoms in total. The zero-order valence-corrected chi connectivity index (χ0v) is 13.2. The first-order chi connectivity index (χ1) is 7.95. The Labute approximate surface area is 121 Å². The Morgan fingerprint density at radius 3 is 2.67 bits per heavy atom. The van der Waals surface area contributed by atoms with Crippen molar-refractivity contribution in [3.05, 3.63) is 21.9 Å². The van der Waals surface area contributed by atoms with Crippen LogP contribution in [0.1, 0.15) is 43.4 Å². The predicted octanol–water partition coefficient (Wildman–Crippen LogP) is 3.39. The SMILES string of the molecule is CC(C)(C)c1ccc(CN2CCCC(N)C2)s1.Cl. The summed E-state index contributed by atoms with van der Waals surface area (Å²) in [5.41, 5.74) is 6.29. The molecule has 0 saturated carbocycles. The van der Waals surface area contributed by atoms with Crippen molar-refractivity contribution in [2.45, 2.75) is 51.6 Å². The number of thiophene rings is 1. The first-order valence-electron chi connectivity index (χ1n) is 6.52. The van der Waals surface area contributed by atoms with E-state index in [9.17, 15) is 0 Å². The second kappa shape index (κ2) is 6.38. The Morgan fingerprint density at radius 1 is 1.39 bits per heavy atom. The first kappa shape index (κ1) is 16.0. The van der Waals surface area contributed by atoms with Crippen LogP contribution in [0.4, 0.5) is 0 Å². The molecule has 0 bridgehead atoms. The highest BCUT2D eigenvalue weighted by Gasteiger charge is 2.19. The fraction of sp³-hybridized carbons (Fsp3) is 0.714. The van der Waals surface area contributed by atoms with Crippen molar-refractivity contribution < 1.29 is 0 Å². The van der Waals surface area contributed by atoms with E-state index >= 15 is 0 Å². The van der Waals surface area contributed by atoms with E-state index in [0.717, 1.165) is 13.1 Å². The quantitative estimate of drug-likeness (QED) is 0.904. The minimum Gasteiger partial charge on any atom is -0.327 e.